The van der Waals surface area contributed by atoms with E-state index in [1.165, 1.54) is 29.5 Å². The zero-order chi connectivity index (χ0) is 13.8. The number of carboxylic acids is 1. The van der Waals surface area contributed by atoms with E-state index in [-0.39, 0.29) is 23.6 Å². The number of amides is 1. The average molecular weight is 296 g/mol. The topological polar surface area (TPSA) is 66.4 Å². The van der Waals surface area contributed by atoms with Crippen molar-refractivity contribution >= 4 is 40.5 Å². The third kappa shape index (κ3) is 3.56. The third-order valence-electron chi connectivity index (χ3n) is 2.40. The van der Waals surface area contributed by atoms with Gasteiger partial charge in [-0.1, -0.05) is 17.7 Å². The molecule has 0 aliphatic carbocycles. The number of anilines is 1. The van der Waals surface area contributed by atoms with Crippen LogP contribution in [0.25, 0.3) is 0 Å². The molecule has 0 atom stereocenters. The van der Waals surface area contributed by atoms with Crippen molar-refractivity contribution in [1.29, 1.82) is 0 Å². The molecule has 0 aliphatic rings. The lowest BCUT2D eigenvalue weighted by atomic mass is 10.1. The number of aromatic carboxylic acids is 1. The van der Waals surface area contributed by atoms with E-state index in [4.69, 9.17) is 16.7 Å². The van der Waals surface area contributed by atoms with Crippen LogP contribution in [0.2, 0.25) is 5.02 Å². The predicted octanol–water partition coefficient (Wildman–Crippen LogP) is 3.28. The molecule has 2 rings (SSSR count). The van der Waals surface area contributed by atoms with Gasteiger partial charge in [0.15, 0.2) is 0 Å². The molecule has 0 spiro atoms. The summed E-state index contributed by atoms with van der Waals surface area (Å²) in [5, 5.41) is 13.8. The highest BCUT2D eigenvalue weighted by Gasteiger charge is 2.13. The Hall–Kier alpha value is -1.85. The highest BCUT2D eigenvalue weighted by molar-refractivity contribution is 7.10. The van der Waals surface area contributed by atoms with Crippen molar-refractivity contribution in [2.75, 3.05) is 5.32 Å². The molecule has 0 radical (unpaired) electrons. The molecule has 1 amide bonds. The maximum Gasteiger partial charge on any atom is 0.337 e. The molecular formula is C13H10ClNO3S. The summed E-state index contributed by atoms with van der Waals surface area (Å²) in [4.78, 5) is 23.8. The standard InChI is InChI=1S/C13H10ClNO3S/c14-8-3-4-11(10(6-8)13(17)18)15-12(16)7-9-2-1-5-19-9/h1-6H,7H2,(H,15,16)(H,17,18). The average Bonchev–Trinajstić information content (AvgIpc) is 2.83. The van der Waals surface area contributed by atoms with Crippen LogP contribution in [0.15, 0.2) is 35.7 Å². The number of rotatable bonds is 4. The Labute approximate surface area is 118 Å². The summed E-state index contributed by atoms with van der Waals surface area (Å²) in [6.45, 7) is 0. The molecule has 2 N–H and O–H groups in total. The molecular weight excluding hydrogens is 286 g/mol. The lowest BCUT2D eigenvalue weighted by Crippen LogP contribution is -2.16. The van der Waals surface area contributed by atoms with Gasteiger partial charge in [0.1, 0.15) is 0 Å². The Balaban J connectivity index is 2.14. The van der Waals surface area contributed by atoms with Gasteiger partial charge < -0.3 is 10.4 Å². The molecule has 0 saturated carbocycles. The van der Waals surface area contributed by atoms with Crippen molar-refractivity contribution < 1.29 is 14.7 Å². The van der Waals surface area contributed by atoms with Crippen molar-refractivity contribution in [3.63, 3.8) is 0 Å². The summed E-state index contributed by atoms with van der Waals surface area (Å²) in [7, 11) is 0. The van der Waals surface area contributed by atoms with Gasteiger partial charge in [-0.05, 0) is 29.6 Å². The Morgan fingerprint density at radius 1 is 1.32 bits per heavy atom. The number of halogens is 1. The Kier molecular flexibility index (Phi) is 4.19. The van der Waals surface area contributed by atoms with Crippen LogP contribution in [0.3, 0.4) is 0 Å². The van der Waals surface area contributed by atoms with E-state index in [2.05, 4.69) is 5.32 Å². The lowest BCUT2D eigenvalue weighted by molar-refractivity contribution is -0.115. The number of carbonyl (C=O) groups excluding carboxylic acids is 1. The maximum absolute atomic E-state index is 11.8. The zero-order valence-corrected chi connectivity index (χ0v) is 11.3. The molecule has 1 aromatic carbocycles. The van der Waals surface area contributed by atoms with Crippen LogP contribution in [0.5, 0.6) is 0 Å². The number of carbonyl (C=O) groups is 2. The number of thiophene rings is 1. The number of nitrogens with one attached hydrogen (secondary N) is 1. The summed E-state index contributed by atoms with van der Waals surface area (Å²) >= 11 is 7.21. The second-order valence-corrected chi connectivity index (χ2v) is 5.27. The lowest BCUT2D eigenvalue weighted by Gasteiger charge is -2.08. The predicted molar refractivity (Wildman–Crippen MR) is 75.1 cm³/mol. The minimum Gasteiger partial charge on any atom is -0.478 e. The summed E-state index contributed by atoms with van der Waals surface area (Å²) < 4.78 is 0. The highest BCUT2D eigenvalue weighted by atomic mass is 35.5. The van der Waals surface area contributed by atoms with E-state index in [1.807, 2.05) is 17.5 Å². The van der Waals surface area contributed by atoms with Gasteiger partial charge in [0.05, 0.1) is 17.7 Å². The summed E-state index contributed by atoms with van der Waals surface area (Å²) in [5.74, 6) is -1.39. The van der Waals surface area contributed by atoms with Crippen LogP contribution in [0.4, 0.5) is 5.69 Å². The fraction of sp³-hybridized carbons (Fsp3) is 0.0769. The highest BCUT2D eigenvalue weighted by Crippen LogP contribution is 2.21. The van der Waals surface area contributed by atoms with Gasteiger partial charge in [0, 0.05) is 9.90 Å². The molecule has 6 heteroatoms. The molecule has 4 nitrogen and oxygen atoms in total. The van der Waals surface area contributed by atoms with Gasteiger partial charge in [-0.25, -0.2) is 4.79 Å². The number of hydrogen-bond donors (Lipinski definition) is 2. The van der Waals surface area contributed by atoms with Crippen LogP contribution in [0.1, 0.15) is 15.2 Å². The largest absolute Gasteiger partial charge is 0.478 e. The SMILES string of the molecule is O=C(Cc1cccs1)Nc1ccc(Cl)cc1C(=O)O. The van der Waals surface area contributed by atoms with Crippen molar-refractivity contribution in [3.05, 3.63) is 51.2 Å². The minimum absolute atomic E-state index is 0.0213. The summed E-state index contributed by atoms with van der Waals surface area (Å²) in [5.41, 5.74) is 0.227. The second kappa shape index (κ2) is 5.86. The minimum atomic E-state index is -1.13. The first kappa shape index (κ1) is 13.6. The maximum atomic E-state index is 11.8. The first-order valence-corrected chi connectivity index (χ1v) is 6.67. The first-order chi connectivity index (χ1) is 9.06. The summed E-state index contributed by atoms with van der Waals surface area (Å²) in [6.07, 6.45) is 0.222. The Morgan fingerprint density at radius 3 is 2.74 bits per heavy atom. The van der Waals surface area contributed by atoms with Crippen molar-refractivity contribution in [3.8, 4) is 0 Å². The molecule has 0 aliphatic heterocycles. The van der Waals surface area contributed by atoms with Crippen LogP contribution in [-0.4, -0.2) is 17.0 Å². The number of benzene rings is 1. The van der Waals surface area contributed by atoms with Gasteiger partial charge in [-0.15, -0.1) is 11.3 Å². The van der Waals surface area contributed by atoms with Gasteiger partial charge in [-0.3, -0.25) is 4.79 Å². The van der Waals surface area contributed by atoms with Crippen LogP contribution in [0, 0.1) is 0 Å². The molecule has 0 saturated heterocycles. The fourth-order valence-electron chi connectivity index (χ4n) is 1.57. The van der Waals surface area contributed by atoms with E-state index in [0.717, 1.165) is 4.88 Å². The van der Waals surface area contributed by atoms with Crippen molar-refractivity contribution in [2.45, 2.75) is 6.42 Å². The van der Waals surface area contributed by atoms with E-state index in [0.29, 0.717) is 5.02 Å². The van der Waals surface area contributed by atoms with Crippen LogP contribution >= 0.6 is 22.9 Å². The van der Waals surface area contributed by atoms with Gasteiger partial charge in [0.2, 0.25) is 5.91 Å². The van der Waals surface area contributed by atoms with Crippen molar-refractivity contribution in [1.82, 2.24) is 0 Å². The van der Waals surface area contributed by atoms with E-state index >= 15 is 0 Å². The van der Waals surface area contributed by atoms with Crippen LogP contribution < -0.4 is 5.32 Å². The Morgan fingerprint density at radius 2 is 2.11 bits per heavy atom. The molecule has 0 fully saturated rings. The molecule has 1 heterocycles. The molecule has 1 aromatic heterocycles. The quantitative estimate of drug-likeness (QED) is 0.909. The first-order valence-electron chi connectivity index (χ1n) is 5.41. The second-order valence-electron chi connectivity index (χ2n) is 3.80. The van der Waals surface area contributed by atoms with E-state index in [9.17, 15) is 9.59 Å². The van der Waals surface area contributed by atoms with E-state index < -0.39 is 5.97 Å². The van der Waals surface area contributed by atoms with Gasteiger partial charge in [-0.2, -0.15) is 0 Å². The third-order valence-corrected chi connectivity index (χ3v) is 3.51. The molecule has 98 valence electrons. The molecule has 0 unspecified atom stereocenters. The van der Waals surface area contributed by atoms with Gasteiger partial charge in [0.25, 0.3) is 0 Å². The summed E-state index contributed by atoms with van der Waals surface area (Å²) in [6, 6.07) is 8.04. The van der Waals surface area contributed by atoms with Crippen molar-refractivity contribution in [2.24, 2.45) is 0 Å². The molecule has 19 heavy (non-hydrogen) atoms. The number of carboxylic acid groups (broad SMARTS) is 1. The smallest absolute Gasteiger partial charge is 0.337 e. The fourth-order valence-corrected chi connectivity index (χ4v) is 2.44. The van der Waals surface area contributed by atoms with E-state index in [1.54, 1.807) is 0 Å². The zero-order valence-electron chi connectivity index (χ0n) is 9.72. The number of hydrogen-bond acceptors (Lipinski definition) is 3. The van der Waals surface area contributed by atoms with Gasteiger partial charge >= 0.3 is 5.97 Å². The molecule has 2 aromatic rings. The Bertz CT molecular complexity index is 610. The van der Waals surface area contributed by atoms with Crippen LogP contribution in [-0.2, 0) is 11.2 Å². The monoisotopic (exact) mass is 295 g/mol. The normalized spacial score (nSPS) is 10.2. The molecule has 0 bridgehead atoms.